The Balaban J connectivity index is 1.67. The molecule has 110 valence electrons. The van der Waals surface area contributed by atoms with E-state index >= 15 is 0 Å². The second kappa shape index (κ2) is 5.44. The predicted octanol–water partition coefficient (Wildman–Crippen LogP) is 0.435. The Morgan fingerprint density at radius 2 is 2.20 bits per heavy atom. The number of hydrogen-bond donors (Lipinski definition) is 1. The Hall–Kier alpha value is -0.950. The van der Waals surface area contributed by atoms with Gasteiger partial charge in [-0.1, -0.05) is 18.2 Å². The van der Waals surface area contributed by atoms with Crippen molar-refractivity contribution in [2.45, 2.75) is 17.0 Å². The zero-order valence-electron chi connectivity index (χ0n) is 11.6. The Kier molecular flexibility index (Phi) is 3.81. The quantitative estimate of drug-likeness (QED) is 0.877. The summed E-state index contributed by atoms with van der Waals surface area (Å²) in [7, 11) is -1.06. The Bertz CT molecular complexity index is 588. The van der Waals surface area contributed by atoms with Crippen LogP contribution in [-0.2, 0) is 14.6 Å². The summed E-state index contributed by atoms with van der Waals surface area (Å²) >= 11 is 0. The van der Waals surface area contributed by atoms with Crippen LogP contribution in [0.4, 0.5) is 0 Å². The molecule has 20 heavy (non-hydrogen) atoms. The second-order valence-corrected chi connectivity index (χ2v) is 7.54. The first kappa shape index (κ1) is 14.0. The van der Waals surface area contributed by atoms with E-state index in [1.54, 1.807) is 12.1 Å². The lowest BCUT2D eigenvalue weighted by atomic mass is 10.1. The first-order valence-corrected chi connectivity index (χ1v) is 8.57. The molecule has 1 aromatic rings. The summed E-state index contributed by atoms with van der Waals surface area (Å²) in [5, 5.41) is 3.35. The van der Waals surface area contributed by atoms with Crippen LogP contribution in [0.1, 0.15) is 11.6 Å². The van der Waals surface area contributed by atoms with E-state index in [1.165, 1.54) is 0 Å². The van der Waals surface area contributed by atoms with Crippen LogP contribution in [0.5, 0.6) is 0 Å². The van der Waals surface area contributed by atoms with E-state index in [9.17, 15) is 8.42 Å². The van der Waals surface area contributed by atoms with Crippen molar-refractivity contribution in [1.82, 2.24) is 10.2 Å². The number of benzene rings is 1. The van der Waals surface area contributed by atoms with E-state index in [0.29, 0.717) is 11.4 Å². The SMILES string of the molecule is CN1CCOC(CNC2CS(=O)(=O)c3ccccc32)C1. The van der Waals surface area contributed by atoms with Crippen molar-refractivity contribution in [3.63, 3.8) is 0 Å². The molecule has 2 aliphatic heterocycles. The van der Waals surface area contributed by atoms with E-state index in [4.69, 9.17) is 4.74 Å². The van der Waals surface area contributed by atoms with Gasteiger partial charge in [0.15, 0.2) is 9.84 Å². The maximum atomic E-state index is 12.1. The molecule has 1 aromatic carbocycles. The van der Waals surface area contributed by atoms with Gasteiger partial charge in [-0.05, 0) is 18.7 Å². The summed E-state index contributed by atoms with van der Waals surface area (Å²) in [4.78, 5) is 2.70. The Morgan fingerprint density at radius 3 is 3.00 bits per heavy atom. The molecule has 0 spiro atoms. The average molecular weight is 296 g/mol. The maximum absolute atomic E-state index is 12.1. The Morgan fingerprint density at radius 1 is 1.40 bits per heavy atom. The van der Waals surface area contributed by atoms with Gasteiger partial charge in [-0.2, -0.15) is 0 Å². The first-order chi connectivity index (χ1) is 9.56. The maximum Gasteiger partial charge on any atom is 0.180 e. The van der Waals surface area contributed by atoms with Crippen LogP contribution >= 0.6 is 0 Å². The van der Waals surface area contributed by atoms with Gasteiger partial charge >= 0.3 is 0 Å². The second-order valence-electron chi connectivity index (χ2n) is 5.54. The fourth-order valence-electron chi connectivity index (χ4n) is 2.88. The lowest BCUT2D eigenvalue weighted by Gasteiger charge is -2.30. The number of hydrogen-bond acceptors (Lipinski definition) is 5. The molecule has 0 amide bonds. The molecular formula is C14H20N2O3S. The third kappa shape index (κ3) is 2.74. The summed E-state index contributed by atoms with van der Waals surface area (Å²) in [6.45, 7) is 3.26. The highest BCUT2D eigenvalue weighted by molar-refractivity contribution is 7.91. The number of morpholine rings is 1. The highest BCUT2D eigenvalue weighted by atomic mass is 32.2. The summed E-state index contributed by atoms with van der Waals surface area (Å²) in [5.41, 5.74) is 0.886. The van der Waals surface area contributed by atoms with E-state index in [0.717, 1.165) is 25.3 Å². The molecule has 2 atom stereocenters. The van der Waals surface area contributed by atoms with Crippen molar-refractivity contribution in [2.75, 3.05) is 39.0 Å². The summed E-state index contributed by atoms with van der Waals surface area (Å²) in [5.74, 6) is 0.148. The minimum Gasteiger partial charge on any atom is -0.374 e. The molecule has 1 fully saturated rings. The van der Waals surface area contributed by atoms with Gasteiger partial charge in [-0.15, -0.1) is 0 Å². The van der Waals surface area contributed by atoms with E-state index in [-0.39, 0.29) is 17.9 Å². The molecule has 0 radical (unpaired) electrons. The smallest absolute Gasteiger partial charge is 0.180 e. The molecule has 2 aliphatic rings. The lowest BCUT2D eigenvalue weighted by Crippen LogP contribution is -2.45. The molecule has 0 bridgehead atoms. The van der Waals surface area contributed by atoms with Crippen molar-refractivity contribution in [3.8, 4) is 0 Å². The number of sulfone groups is 1. The molecule has 2 heterocycles. The van der Waals surface area contributed by atoms with Gasteiger partial charge in [0.25, 0.3) is 0 Å². The van der Waals surface area contributed by atoms with Crippen LogP contribution in [0.25, 0.3) is 0 Å². The third-order valence-electron chi connectivity index (χ3n) is 3.95. The van der Waals surface area contributed by atoms with Crippen LogP contribution in [-0.4, -0.2) is 58.5 Å². The largest absolute Gasteiger partial charge is 0.374 e. The third-order valence-corrected chi connectivity index (χ3v) is 5.76. The van der Waals surface area contributed by atoms with Gasteiger partial charge in [0.1, 0.15) is 0 Å². The van der Waals surface area contributed by atoms with Crippen molar-refractivity contribution >= 4 is 9.84 Å². The van der Waals surface area contributed by atoms with E-state index in [1.807, 2.05) is 12.1 Å². The van der Waals surface area contributed by atoms with E-state index < -0.39 is 9.84 Å². The van der Waals surface area contributed by atoms with Crippen LogP contribution in [0.15, 0.2) is 29.2 Å². The summed E-state index contributed by atoms with van der Waals surface area (Å²) in [6.07, 6.45) is 0.129. The molecule has 1 saturated heterocycles. The van der Waals surface area contributed by atoms with Gasteiger partial charge in [0.2, 0.25) is 0 Å². The lowest BCUT2D eigenvalue weighted by molar-refractivity contribution is -0.0190. The van der Waals surface area contributed by atoms with Gasteiger partial charge < -0.3 is 15.0 Å². The molecule has 0 aliphatic carbocycles. The zero-order valence-corrected chi connectivity index (χ0v) is 12.4. The predicted molar refractivity (Wildman–Crippen MR) is 76.5 cm³/mol. The van der Waals surface area contributed by atoms with Crippen molar-refractivity contribution in [3.05, 3.63) is 29.8 Å². The number of fused-ring (bicyclic) bond motifs is 1. The topological polar surface area (TPSA) is 58.6 Å². The highest BCUT2D eigenvalue weighted by Gasteiger charge is 2.34. The van der Waals surface area contributed by atoms with Crippen molar-refractivity contribution in [2.24, 2.45) is 0 Å². The number of likely N-dealkylation sites (N-methyl/N-ethyl adjacent to an activating group) is 1. The molecule has 6 heteroatoms. The molecular weight excluding hydrogens is 276 g/mol. The van der Waals surface area contributed by atoms with Gasteiger partial charge in [0, 0.05) is 25.7 Å². The molecule has 5 nitrogen and oxygen atoms in total. The summed E-state index contributed by atoms with van der Waals surface area (Å²) in [6, 6.07) is 7.13. The zero-order chi connectivity index (χ0) is 14.2. The van der Waals surface area contributed by atoms with Crippen molar-refractivity contribution in [1.29, 1.82) is 0 Å². The number of nitrogens with zero attached hydrogens (tertiary/aromatic N) is 1. The normalized spacial score (nSPS) is 29.2. The van der Waals surface area contributed by atoms with Gasteiger partial charge in [-0.25, -0.2) is 8.42 Å². The monoisotopic (exact) mass is 296 g/mol. The molecule has 2 unspecified atom stereocenters. The van der Waals surface area contributed by atoms with Crippen LogP contribution in [0.2, 0.25) is 0 Å². The fourth-order valence-corrected chi connectivity index (χ4v) is 4.65. The number of rotatable bonds is 3. The molecule has 3 rings (SSSR count). The number of ether oxygens (including phenoxy) is 1. The minimum atomic E-state index is -3.13. The molecule has 0 aromatic heterocycles. The average Bonchev–Trinajstić information content (AvgIpc) is 2.69. The first-order valence-electron chi connectivity index (χ1n) is 6.91. The summed E-state index contributed by atoms with van der Waals surface area (Å²) < 4.78 is 29.9. The standard InChI is InChI=1S/C14H20N2O3S/c1-16-6-7-19-11(9-16)8-15-13-10-20(17,18)14-5-3-2-4-12(13)14/h2-5,11,13,15H,6-10H2,1H3. The van der Waals surface area contributed by atoms with Crippen LogP contribution < -0.4 is 5.32 Å². The van der Waals surface area contributed by atoms with Gasteiger partial charge in [-0.3, -0.25) is 0 Å². The highest BCUT2D eigenvalue weighted by Crippen LogP contribution is 2.32. The number of nitrogens with one attached hydrogen (secondary N) is 1. The van der Waals surface area contributed by atoms with Crippen LogP contribution in [0.3, 0.4) is 0 Å². The molecule has 1 N–H and O–H groups in total. The van der Waals surface area contributed by atoms with Crippen LogP contribution in [0, 0.1) is 0 Å². The Labute approximate surface area is 119 Å². The van der Waals surface area contributed by atoms with Crippen molar-refractivity contribution < 1.29 is 13.2 Å². The molecule has 0 saturated carbocycles. The van der Waals surface area contributed by atoms with E-state index in [2.05, 4.69) is 17.3 Å². The fraction of sp³-hybridized carbons (Fsp3) is 0.571. The minimum absolute atomic E-state index is 0.118. The van der Waals surface area contributed by atoms with Gasteiger partial charge in [0.05, 0.1) is 23.4 Å².